The average molecular weight is 640 g/mol. The number of aromatic carboxylic acids is 1. The van der Waals surface area contributed by atoms with E-state index >= 15 is 0 Å². The Labute approximate surface area is 272 Å². The lowest BCUT2D eigenvalue weighted by Gasteiger charge is -2.32. The fourth-order valence-corrected chi connectivity index (χ4v) is 6.99. The molecule has 12 heteroatoms. The summed E-state index contributed by atoms with van der Waals surface area (Å²) in [7, 11) is 4.72. The first-order valence-electron chi connectivity index (χ1n) is 15.8. The van der Waals surface area contributed by atoms with Gasteiger partial charge in [0.25, 0.3) is 5.88 Å². The third-order valence-electron chi connectivity index (χ3n) is 9.83. The van der Waals surface area contributed by atoms with E-state index in [0.29, 0.717) is 53.2 Å². The summed E-state index contributed by atoms with van der Waals surface area (Å²) < 4.78 is 30.7. The number of nitrogens with zero attached hydrogens (tertiary/aromatic N) is 5. The molecule has 4 heterocycles. The van der Waals surface area contributed by atoms with Crippen molar-refractivity contribution in [2.75, 3.05) is 41.0 Å². The number of carboxylic acid groups (broad SMARTS) is 1. The molecule has 1 N–H and O–H groups in total. The van der Waals surface area contributed by atoms with Gasteiger partial charge in [-0.3, -0.25) is 4.90 Å². The second-order valence-corrected chi connectivity index (χ2v) is 12.4. The van der Waals surface area contributed by atoms with Crippen LogP contribution in [0.1, 0.15) is 52.3 Å². The summed E-state index contributed by atoms with van der Waals surface area (Å²) in [5, 5.41) is 19.0. The van der Waals surface area contributed by atoms with Crippen molar-refractivity contribution >= 4 is 17.0 Å². The van der Waals surface area contributed by atoms with Crippen molar-refractivity contribution in [3.8, 4) is 29.2 Å². The molecule has 7 rings (SSSR count). The summed E-state index contributed by atoms with van der Waals surface area (Å²) in [4.78, 5) is 24.3. The molecule has 3 atom stereocenters. The number of nitriles is 1. The van der Waals surface area contributed by atoms with Gasteiger partial charge in [0, 0.05) is 24.1 Å². The molecule has 2 aliphatic heterocycles. The summed E-state index contributed by atoms with van der Waals surface area (Å²) in [5.41, 5.74) is 3.89. The van der Waals surface area contributed by atoms with Crippen molar-refractivity contribution in [2.24, 2.45) is 5.92 Å². The molecule has 2 aromatic heterocycles. The van der Waals surface area contributed by atoms with Gasteiger partial charge in [0.05, 0.1) is 68.9 Å². The second-order valence-electron chi connectivity index (χ2n) is 12.4. The largest absolute Gasteiger partial charge is 0.496 e. The summed E-state index contributed by atoms with van der Waals surface area (Å²) in [6, 6.07) is 14.6. The minimum atomic E-state index is -1.00. The first-order chi connectivity index (χ1) is 22.8. The molecular formula is C35H37N5O7. The predicted octanol–water partition coefficient (Wildman–Crippen LogP) is 4.56. The fraction of sp³-hybridized carbons (Fsp3) is 0.429. The minimum Gasteiger partial charge on any atom is -0.496 e. The molecule has 2 unspecified atom stereocenters. The van der Waals surface area contributed by atoms with Crippen LogP contribution in [0, 0.1) is 17.2 Å². The van der Waals surface area contributed by atoms with Gasteiger partial charge in [-0.25, -0.2) is 14.8 Å². The molecular weight excluding hydrogens is 602 g/mol. The van der Waals surface area contributed by atoms with Crippen LogP contribution in [0.2, 0.25) is 0 Å². The molecule has 1 aliphatic carbocycles. The molecule has 0 radical (unpaired) electrons. The third-order valence-corrected chi connectivity index (χ3v) is 9.83. The quantitative estimate of drug-likeness (QED) is 0.233. The Balaban J connectivity index is 1.09. The van der Waals surface area contributed by atoms with E-state index < -0.39 is 5.97 Å². The number of carboxylic acids is 1. The van der Waals surface area contributed by atoms with Gasteiger partial charge >= 0.3 is 5.97 Å². The van der Waals surface area contributed by atoms with Crippen LogP contribution in [-0.2, 0) is 29.8 Å². The highest BCUT2D eigenvalue weighted by molar-refractivity contribution is 5.95. The fourth-order valence-electron chi connectivity index (χ4n) is 6.99. The van der Waals surface area contributed by atoms with Gasteiger partial charge in [0.2, 0.25) is 0 Å². The zero-order chi connectivity index (χ0) is 32.7. The molecule has 3 fully saturated rings. The van der Waals surface area contributed by atoms with Crippen LogP contribution in [-0.4, -0.2) is 77.6 Å². The van der Waals surface area contributed by atoms with Crippen LogP contribution >= 0.6 is 0 Å². The Hall–Kier alpha value is -4.86. The highest BCUT2D eigenvalue weighted by Crippen LogP contribution is 2.59. The Morgan fingerprint density at radius 1 is 1.09 bits per heavy atom. The summed E-state index contributed by atoms with van der Waals surface area (Å²) in [6.07, 6.45) is 3.02. The lowest BCUT2D eigenvalue weighted by Crippen LogP contribution is -2.37. The predicted molar refractivity (Wildman–Crippen MR) is 170 cm³/mol. The molecule has 0 bridgehead atoms. The van der Waals surface area contributed by atoms with Gasteiger partial charge in [0.15, 0.2) is 5.75 Å². The van der Waals surface area contributed by atoms with Gasteiger partial charge < -0.3 is 33.4 Å². The number of pyridine rings is 1. The number of hydrogen-bond acceptors (Lipinski definition) is 10. The van der Waals surface area contributed by atoms with Crippen LogP contribution in [0.25, 0.3) is 11.0 Å². The molecule has 2 saturated heterocycles. The van der Waals surface area contributed by atoms with Crippen LogP contribution in [0.15, 0.2) is 42.5 Å². The Bertz CT molecular complexity index is 1880. The van der Waals surface area contributed by atoms with E-state index in [0.717, 1.165) is 61.6 Å². The van der Waals surface area contributed by atoms with Gasteiger partial charge in [0.1, 0.15) is 29.4 Å². The number of piperidine rings is 1. The number of ether oxygens (including phenoxy) is 5. The highest BCUT2D eigenvalue weighted by Gasteiger charge is 2.58. The van der Waals surface area contributed by atoms with Crippen molar-refractivity contribution in [1.29, 1.82) is 5.26 Å². The first-order valence-corrected chi connectivity index (χ1v) is 15.8. The second kappa shape index (κ2) is 12.4. The van der Waals surface area contributed by atoms with Crippen LogP contribution in [0.5, 0.6) is 23.1 Å². The van der Waals surface area contributed by atoms with E-state index in [2.05, 4.69) is 15.5 Å². The van der Waals surface area contributed by atoms with Gasteiger partial charge in [-0.2, -0.15) is 5.26 Å². The maximum Gasteiger partial charge on any atom is 0.335 e. The maximum absolute atomic E-state index is 11.9. The van der Waals surface area contributed by atoms with E-state index in [4.69, 9.17) is 33.7 Å². The monoisotopic (exact) mass is 639 g/mol. The number of methoxy groups -OCH3 is 3. The topological polar surface area (TPSA) is 141 Å². The molecule has 3 aliphatic rings. The normalized spacial score (nSPS) is 21.7. The van der Waals surface area contributed by atoms with Crippen LogP contribution < -0.4 is 18.9 Å². The zero-order valence-electron chi connectivity index (χ0n) is 26.7. The van der Waals surface area contributed by atoms with Crippen molar-refractivity contribution in [3.63, 3.8) is 0 Å². The van der Waals surface area contributed by atoms with E-state index in [1.165, 1.54) is 6.07 Å². The van der Waals surface area contributed by atoms with Crippen molar-refractivity contribution in [3.05, 3.63) is 70.7 Å². The smallest absolute Gasteiger partial charge is 0.335 e. The Kier molecular flexibility index (Phi) is 8.11. The molecule has 0 amide bonds. The first kappa shape index (κ1) is 30.8. The van der Waals surface area contributed by atoms with Crippen molar-refractivity contribution < 1.29 is 33.6 Å². The average Bonchev–Trinajstić information content (AvgIpc) is 3.71. The van der Waals surface area contributed by atoms with Crippen LogP contribution in [0.3, 0.4) is 0 Å². The molecule has 12 nitrogen and oxygen atoms in total. The number of hydrogen-bond donors (Lipinski definition) is 1. The molecule has 1 saturated carbocycles. The van der Waals surface area contributed by atoms with E-state index in [1.807, 2.05) is 18.2 Å². The van der Waals surface area contributed by atoms with E-state index in [1.54, 1.807) is 39.5 Å². The lowest BCUT2D eigenvalue weighted by molar-refractivity contribution is -0.0592. The minimum absolute atomic E-state index is 0.0213. The number of benzene rings is 2. The van der Waals surface area contributed by atoms with Gasteiger partial charge in [-0.05, 0) is 68.1 Å². The number of likely N-dealkylation sites (tertiary alicyclic amines) is 1. The number of carbonyl (C=O) groups is 1. The van der Waals surface area contributed by atoms with Gasteiger partial charge in [-0.15, -0.1) is 0 Å². The Morgan fingerprint density at radius 3 is 2.57 bits per heavy atom. The van der Waals surface area contributed by atoms with Crippen molar-refractivity contribution in [1.82, 2.24) is 19.4 Å². The summed E-state index contributed by atoms with van der Waals surface area (Å²) >= 11 is 0. The standard InChI is InChI=1S/C35H37N5O7/c1-43-27-6-7-30(37-33(27)47-20-22-5-4-21(16-36)12-28(22)44-2)35-9-10-39(17-24(35)15-35)19-31-38-32-26(40(31)18-25-8-11-46-25)13-23(34(41)42)14-29(32)45-3/h4-7,12-14,24-25H,8-11,15,17-20H2,1-3H3,(H,41,42)/t24?,25-,35?/m0/s1. The third kappa shape index (κ3) is 5.70. The maximum atomic E-state index is 11.9. The highest BCUT2D eigenvalue weighted by atomic mass is 16.5. The SMILES string of the molecule is COc1cc(C#N)ccc1COc1nc(C23CCN(Cc4nc5c(OC)cc(C(=O)O)cc5n4C[C@@H]4CCO4)CC2C3)ccc1OC. The molecule has 244 valence electrons. The summed E-state index contributed by atoms with van der Waals surface area (Å²) in [6.45, 7) is 3.97. The molecule has 0 spiro atoms. The van der Waals surface area contributed by atoms with E-state index in [-0.39, 0.29) is 23.7 Å². The van der Waals surface area contributed by atoms with Gasteiger partial charge in [-0.1, -0.05) is 6.07 Å². The number of fused-ring (bicyclic) bond motifs is 2. The summed E-state index contributed by atoms with van der Waals surface area (Å²) in [5.74, 6) is 2.34. The van der Waals surface area contributed by atoms with E-state index in [9.17, 15) is 15.2 Å². The van der Waals surface area contributed by atoms with Crippen molar-refractivity contribution in [2.45, 2.75) is 50.5 Å². The molecule has 47 heavy (non-hydrogen) atoms. The van der Waals surface area contributed by atoms with Crippen LogP contribution in [0.4, 0.5) is 0 Å². The Morgan fingerprint density at radius 2 is 1.89 bits per heavy atom. The number of aromatic nitrogens is 3. The number of imidazole rings is 1. The zero-order valence-corrected chi connectivity index (χ0v) is 26.7. The number of rotatable bonds is 12. The lowest BCUT2D eigenvalue weighted by atomic mass is 9.91. The molecule has 2 aromatic carbocycles. The molecule has 4 aromatic rings.